The Bertz CT molecular complexity index is 848. The number of rotatable bonds is 7. The van der Waals surface area contributed by atoms with Crippen LogP contribution in [0.2, 0.25) is 0 Å². The molecule has 0 saturated carbocycles. The van der Waals surface area contributed by atoms with Gasteiger partial charge >= 0.3 is 17.9 Å². The molecule has 0 amide bonds. The van der Waals surface area contributed by atoms with E-state index in [1.807, 2.05) is 48.5 Å². The molecule has 2 aromatic rings. The minimum Gasteiger partial charge on any atom is -0.481 e. The van der Waals surface area contributed by atoms with Crippen LogP contribution in [0.5, 0.6) is 0 Å². The van der Waals surface area contributed by atoms with E-state index < -0.39 is 36.3 Å². The first kappa shape index (κ1) is 18.6. The minimum atomic E-state index is -1.64. The molecule has 3 rings (SSSR count). The van der Waals surface area contributed by atoms with Crippen LogP contribution < -0.4 is 5.73 Å². The molecule has 140 valence electrons. The molecule has 0 bridgehead atoms. The number of hydrogen-bond donors (Lipinski definition) is 3. The summed E-state index contributed by atoms with van der Waals surface area (Å²) in [5.41, 5.74) is 9.60. The first-order chi connectivity index (χ1) is 12.9. The van der Waals surface area contributed by atoms with Crippen LogP contribution in [-0.4, -0.2) is 40.8 Å². The molecule has 1 aliphatic rings. The standard InChI is InChI=1S/C20H19NO6/c21-18(19(24)25)15(9-17(22)23)20(26)27-10-16-13-7-3-1-5-11(13)12-6-2-4-8-14(12)16/h1-8,15-16,18H,9-10,21H2,(H,22,23)(H,24,25). The topological polar surface area (TPSA) is 127 Å². The Morgan fingerprint density at radius 1 is 0.963 bits per heavy atom. The van der Waals surface area contributed by atoms with E-state index in [2.05, 4.69) is 0 Å². The van der Waals surface area contributed by atoms with Crippen LogP contribution in [0, 0.1) is 5.92 Å². The smallest absolute Gasteiger partial charge is 0.321 e. The van der Waals surface area contributed by atoms with Crippen LogP contribution in [0.15, 0.2) is 48.5 Å². The number of hydrogen-bond acceptors (Lipinski definition) is 5. The van der Waals surface area contributed by atoms with Gasteiger partial charge in [0, 0.05) is 5.92 Å². The van der Waals surface area contributed by atoms with Gasteiger partial charge in [-0.15, -0.1) is 0 Å². The number of carbonyl (C=O) groups is 3. The highest BCUT2D eigenvalue weighted by atomic mass is 16.5. The molecular formula is C20H19NO6. The van der Waals surface area contributed by atoms with Crippen LogP contribution in [-0.2, 0) is 19.1 Å². The second kappa shape index (κ2) is 7.59. The van der Waals surface area contributed by atoms with E-state index in [1.54, 1.807) is 0 Å². The Hall–Kier alpha value is -3.19. The van der Waals surface area contributed by atoms with Crippen molar-refractivity contribution in [1.82, 2.24) is 0 Å². The highest BCUT2D eigenvalue weighted by Crippen LogP contribution is 2.44. The van der Waals surface area contributed by atoms with Crippen LogP contribution in [0.3, 0.4) is 0 Å². The van der Waals surface area contributed by atoms with Crippen LogP contribution in [0.1, 0.15) is 23.5 Å². The lowest BCUT2D eigenvalue weighted by atomic mass is 9.96. The fraction of sp³-hybridized carbons (Fsp3) is 0.250. The average Bonchev–Trinajstić information content (AvgIpc) is 2.97. The van der Waals surface area contributed by atoms with E-state index in [0.29, 0.717) is 0 Å². The van der Waals surface area contributed by atoms with E-state index in [9.17, 15) is 14.4 Å². The van der Waals surface area contributed by atoms with Crippen LogP contribution in [0.25, 0.3) is 11.1 Å². The maximum atomic E-state index is 12.4. The number of aliphatic carboxylic acids is 2. The maximum absolute atomic E-state index is 12.4. The molecule has 7 heteroatoms. The van der Waals surface area contributed by atoms with E-state index in [-0.39, 0.29) is 12.5 Å². The third-order valence-corrected chi connectivity index (χ3v) is 4.77. The number of esters is 1. The van der Waals surface area contributed by atoms with Crippen molar-refractivity contribution in [3.05, 3.63) is 59.7 Å². The molecule has 2 atom stereocenters. The Morgan fingerprint density at radius 3 is 1.96 bits per heavy atom. The molecule has 1 aliphatic carbocycles. The molecule has 0 aromatic heterocycles. The van der Waals surface area contributed by atoms with E-state index >= 15 is 0 Å². The number of nitrogens with two attached hydrogens (primary N) is 1. The highest BCUT2D eigenvalue weighted by molar-refractivity contribution is 5.87. The average molecular weight is 369 g/mol. The molecule has 0 saturated heterocycles. The number of carboxylic acids is 2. The third-order valence-electron chi connectivity index (χ3n) is 4.77. The van der Waals surface area contributed by atoms with Gasteiger partial charge in [-0.1, -0.05) is 48.5 Å². The number of carbonyl (C=O) groups excluding carboxylic acids is 1. The van der Waals surface area contributed by atoms with Gasteiger partial charge in [-0.3, -0.25) is 14.4 Å². The number of carboxylic acid groups (broad SMARTS) is 2. The zero-order valence-electron chi connectivity index (χ0n) is 14.4. The lowest BCUT2D eigenvalue weighted by Crippen LogP contribution is -2.44. The van der Waals surface area contributed by atoms with Gasteiger partial charge in [0.2, 0.25) is 0 Å². The molecule has 27 heavy (non-hydrogen) atoms. The molecule has 4 N–H and O–H groups in total. The fourth-order valence-electron chi connectivity index (χ4n) is 3.43. The molecule has 0 radical (unpaired) electrons. The highest BCUT2D eigenvalue weighted by Gasteiger charge is 2.35. The Labute approximate surface area is 155 Å². The summed E-state index contributed by atoms with van der Waals surface area (Å²) in [6.45, 7) is -0.0185. The monoisotopic (exact) mass is 369 g/mol. The van der Waals surface area contributed by atoms with Gasteiger partial charge < -0.3 is 20.7 Å². The van der Waals surface area contributed by atoms with Gasteiger partial charge in [0.1, 0.15) is 12.6 Å². The van der Waals surface area contributed by atoms with Gasteiger partial charge in [0.15, 0.2) is 0 Å². The zero-order valence-corrected chi connectivity index (χ0v) is 14.4. The van der Waals surface area contributed by atoms with Crippen molar-refractivity contribution in [3.63, 3.8) is 0 Å². The molecular weight excluding hydrogens is 350 g/mol. The summed E-state index contributed by atoms with van der Waals surface area (Å²) in [4.78, 5) is 34.4. The SMILES string of the molecule is NC(C(=O)O)C(CC(=O)O)C(=O)OCC1c2ccccc2-c2ccccc21. The molecule has 0 spiro atoms. The lowest BCUT2D eigenvalue weighted by Gasteiger charge is -2.20. The van der Waals surface area contributed by atoms with Crippen molar-refractivity contribution < 1.29 is 29.3 Å². The Kier molecular flexibility index (Phi) is 5.23. The van der Waals surface area contributed by atoms with Gasteiger partial charge in [0.05, 0.1) is 12.3 Å². The van der Waals surface area contributed by atoms with Crippen LogP contribution in [0.4, 0.5) is 0 Å². The fourth-order valence-corrected chi connectivity index (χ4v) is 3.43. The van der Waals surface area contributed by atoms with Gasteiger partial charge in [-0.2, -0.15) is 0 Å². The largest absolute Gasteiger partial charge is 0.481 e. The molecule has 2 unspecified atom stereocenters. The summed E-state index contributed by atoms with van der Waals surface area (Å²) in [6.07, 6.45) is -0.704. The minimum absolute atomic E-state index is 0.0185. The normalized spacial score (nSPS) is 14.7. The summed E-state index contributed by atoms with van der Waals surface area (Å²) in [5.74, 6) is -5.34. The summed E-state index contributed by atoms with van der Waals surface area (Å²) >= 11 is 0. The van der Waals surface area contributed by atoms with Crippen molar-refractivity contribution in [2.45, 2.75) is 18.4 Å². The predicted molar refractivity (Wildman–Crippen MR) is 96.0 cm³/mol. The number of ether oxygens (including phenoxy) is 1. The van der Waals surface area contributed by atoms with Gasteiger partial charge in [0.25, 0.3) is 0 Å². The summed E-state index contributed by atoms with van der Waals surface area (Å²) in [7, 11) is 0. The third kappa shape index (κ3) is 3.68. The summed E-state index contributed by atoms with van der Waals surface area (Å²) in [6, 6.07) is 13.9. The summed E-state index contributed by atoms with van der Waals surface area (Å²) < 4.78 is 5.33. The molecule has 7 nitrogen and oxygen atoms in total. The molecule has 0 heterocycles. The second-order valence-electron chi connectivity index (χ2n) is 6.43. The Morgan fingerprint density at radius 2 is 1.48 bits per heavy atom. The number of fused-ring (bicyclic) bond motifs is 3. The second-order valence-corrected chi connectivity index (χ2v) is 6.43. The van der Waals surface area contributed by atoms with E-state index in [4.69, 9.17) is 20.7 Å². The van der Waals surface area contributed by atoms with E-state index in [1.165, 1.54) is 0 Å². The maximum Gasteiger partial charge on any atom is 0.321 e. The Balaban J connectivity index is 1.80. The molecule has 0 fully saturated rings. The van der Waals surface area contributed by atoms with Crippen molar-refractivity contribution in [2.75, 3.05) is 6.61 Å². The first-order valence-electron chi connectivity index (χ1n) is 8.45. The van der Waals surface area contributed by atoms with Crippen LogP contribution >= 0.6 is 0 Å². The van der Waals surface area contributed by atoms with Crippen molar-refractivity contribution >= 4 is 17.9 Å². The molecule has 2 aromatic carbocycles. The van der Waals surface area contributed by atoms with Crippen molar-refractivity contribution in [1.29, 1.82) is 0 Å². The predicted octanol–water partition coefficient (Wildman–Crippen LogP) is 1.84. The zero-order chi connectivity index (χ0) is 19.6. The summed E-state index contributed by atoms with van der Waals surface area (Å²) in [5, 5.41) is 18.0. The first-order valence-corrected chi connectivity index (χ1v) is 8.45. The number of benzene rings is 2. The van der Waals surface area contributed by atoms with Gasteiger partial charge in [-0.25, -0.2) is 0 Å². The van der Waals surface area contributed by atoms with Crippen molar-refractivity contribution in [3.8, 4) is 11.1 Å². The quantitative estimate of drug-likeness (QED) is 0.636. The van der Waals surface area contributed by atoms with Gasteiger partial charge in [-0.05, 0) is 22.3 Å². The van der Waals surface area contributed by atoms with E-state index in [0.717, 1.165) is 22.3 Å². The lowest BCUT2D eigenvalue weighted by molar-refractivity contribution is -0.158. The van der Waals surface area contributed by atoms with Crippen molar-refractivity contribution in [2.24, 2.45) is 11.7 Å². The molecule has 0 aliphatic heterocycles.